The minimum absolute atomic E-state index is 0.0429. The molecule has 0 fully saturated rings. The third kappa shape index (κ3) is 0.824. The summed E-state index contributed by atoms with van der Waals surface area (Å²) in [6.07, 6.45) is 5.84. The first-order valence-corrected chi connectivity index (χ1v) is 3.65. The van der Waals surface area contributed by atoms with E-state index in [1.54, 1.807) is 0 Å². The molecule has 0 saturated carbocycles. The van der Waals surface area contributed by atoms with Crippen LogP contribution in [0.5, 0.6) is 0 Å². The van der Waals surface area contributed by atoms with Gasteiger partial charge >= 0.3 is 0 Å². The molecule has 1 N–H and O–H groups in total. The maximum atomic E-state index is 3.88. The first-order chi connectivity index (χ1) is 4.86. The van der Waals surface area contributed by atoms with E-state index in [0.717, 1.165) is 4.48 Å². The van der Waals surface area contributed by atoms with Gasteiger partial charge in [0.1, 0.15) is 0 Å². The standard InChI is InChI=1S/C5H5BrN4/c6-4-1-2-5-7-8-9-10(5)3-4/h1-3,5H,(H,7,9)/t5-/m1/s1. The summed E-state index contributed by atoms with van der Waals surface area (Å²) in [5.41, 5.74) is 2.72. The molecule has 0 aromatic heterocycles. The SMILES string of the molecule is BrC1=CN2NN=N[C@H]2C=C1. The molecule has 0 aromatic rings. The fourth-order valence-electron chi connectivity index (χ4n) is 0.842. The van der Waals surface area contributed by atoms with E-state index >= 15 is 0 Å². The van der Waals surface area contributed by atoms with Gasteiger partial charge in [-0.15, -0.1) is 5.11 Å². The largest absolute Gasteiger partial charge is 0.247 e. The number of allylic oxidation sites excluding steroid dienone is 2. The van der Waals surface area contributed by atoms with Gasteiger partial charge in [0.25, 0.3) is 0 Å². The van der Waals surface area contributed by atoms with Crippen LogP contribution in [0.4, 0.5) is 0 Å². The molecule has 5 heteroatoms. The van der Waals surface area contributed by atoms with Crippen LogP contribution >= 0.6 is 15.9 Å². The van der Waals surface area contributed by atoms with Crippen molar-refractivity contribution in [2.24, 2.45) is 10.3 Å². The van der Waals surface area contributed by atoms with Crippen LogP contribution in [0, 0.1) is 0 Å². The van der Waals surface area contributed by atoms with Crippen molar-refractivity contribution in [1.29, 1.82) is 0 Å². The van der Waals surface area contributed by atoms with Gasteiger partial charge in [-0.05, 0) is 28.1 Å². The maximum Gasteiger partial charge on any atom is 0.182 e. The first kappa shape index (κ1) is 5.91. The molecule has 0 saturated heterocycles. The number of nitrogens with one attached hydrogen (secondary N) is 1. The average molecular weight is 201 g/mol. The Kier molecular flexibility index (Phi) is 1.23. The number of hydrazine groups is 1. The molecule has 52 valence electrons. The lowest BCUT2D eigenvalue weighted by Crippen LogP contribution is -2.32. The minimum atomic E-state index is 0.0429. The van der Waals surface area contributed by atoms with Gasteiger partial charge < -0.3 is 0 Å². The van der Waals surface area contributed by atoms with E-state index in [2.05, 4.69) is 31.8 Å². The zero-order valence-corrected chi connectivity index (χ0v) is 6.62. The molecule has 2 aliphatic heterocycles. The van der Waals surface area contributed by atoms with Crippen LogP contribution in [0.3, 0.4) is 0 Å². The third-order valence-corrected chi connectivity index (χ3v) is 1.78. The summed E-state index contributed by atoms with van der Waals surface area (Å²) in [7, 11) is 0. The van der Waals surface area contributed by atoms with Crippen LogP contribution in [-0.2, 0) is 0 Å². The third-order valence-electron chi connectivity index (χ3n) is 1.31. The molecule has 4 nitrogen and oxygen atoms in total. The molecule has 2 aliphatic rings. The summed E-state index contributed by atoms with van der Waals surface area (Å²) in [6, 6.07) is 0. The molecular formula is C5H5BrN4. The summed E-state index contributed by atoms with van der Waals surface area (Å²) in [5.74, 6) is 0. The Balaban J connectivity index is 2.25. The number of nitrogens with zero attached hydrogens (tertiary/aromatic N) is 3. The Labute approximate surface area is 66.4 Å². The molecule has 0 amide bonds. The van der Waals surface area contributed by atoms with Gasteiger partial charge in [-0.2, -0.15) is 5.53 Å². The van der Waals surface area contributed by atoms with E-state index < -0.39 is 0 Å². The number of hydrogen-bond acceptors (Lipinski definition) is 4. The highest BCUT2D eigenvalue weighted by Gasteiger charge is 2.19. The molecule has 0 unspecified atom stereocenters. The quantitative estimate of drug-likeness (QED) is 0.641. The molecule has 0 bridgehead atoms. The summed E-state index contributed by atoms with van der Waals surface area (Å²) in [6.45, 7) is 0. The van der Waals surface area contributed by atoms with Crippen molar-refractivity contribution in [1.82, 2.24) is 10.5 Å². The van der Waals surface area contributed by atoms with Crippen molar-refractivity contribution in [3.05, 3.63) is 22.8 Å². The lowest BCUT2D eigenvalue weighted by atomic mass is 10.3. The van der Waals surface area contributed by atoms with Crippen molar-refractivity contribution in [3.8, 4) is 0 Å². The Morgan fingerprint density at radius 2 is 2.60 bits per heavy atom. The lowest BCUT2D eigenvalue weighted by Gasteiger charge is -2.18. The van der Waals surface area contributed by atoms with Crippen molar-refractivity contribution in [2.45, 2.75) is 6.17 Å². The smallest absolute Gasteiger partial charge is 0.182 e. The van der Waals surface area contributed by atoms with E-state index in [-0.39, 0.29) is 6.17 Å². The van der Waals surface area contributed by atoms with Crippen molar-refractivity contribution in [3.63, 3.8) is 0 Å². The Morgan fingerprint density at radius 1 is 1.70 bits per heavy atom. The molecule has 0 aliphatic carbocycles. The Bertz CT molecular complexity index is 232. The average Bonchev–Trinajstić information content (AvgIpc) is 2.33. The molecule has 10 heavy (non-hydrogen) atoms. The minimum Gasteiger partial charge on any atom is -0.247 e. The van der Waals surface area contributed by atoms with Crippen LogP contribution in [-0.4, -0.2) is 11.2 Å². The zero-order valence-electron chi connectivity index (χ0n) is 5.03. The van der Waals surface area contributed by atoms with Gasteiger partial charge in [0, 0.05) is 10.7 Å². The highest BCUT2D eigenvalue weighted by atomic mass is 79.9. The maximum absolute atomic E-state index is 3.88. The predicted octanol–water partition coefficient (Wildman–Crippen LogP) is 1.31. The van der Waals surface area contributed by atoms with Crippen LogP contribution < -0.4 is 5.53 Å². The van der Waals surface area contributed by atoms with Gasteiger partial charge in [-0.3, -0.25) is 0 Å². The van der Waals surface area contributed by atoms with Crippen LogP contribution in [0.25, 0.3) is 0 Å². The molecule has 2 heterocycles. The van der Waals surface area contributed by atoms with Crippen molar-refractivity contribution < 1.29 is 0 Å². The molecule has 1 atom stereocenters. The summed E-state index contributed by atoms with van der Waals surface area (Å²) >= 11 is 3.33. The van der Waals surface area contributed by atoms with E-state index in [1.165, 1.54) is 0 Å². The zero-order chi connectivity index (χ0) is 6.97. The Morgan fingerprint density at radius 3 is 3.50 bits per heavy atom. The molecule has 0 spiro atoms. The lowest BCUT2D eigenvalue weighted by molar-refractivity contribution is 0.287. The number of rotatable bonds is 0. The monoisotopic (exact) mass is 200 g/mol. The molecule has 2 rings (SSSR count). The van der Waals surface area contributed by atoms with Gasteiger partial charge in [0.15, 0.2) is 6.17 Å². The second-order valence-electron chi connectivity index (χ2n) is 2.01. The topological polar surface area (TPSA) is 40.0 Å². The second kappa shape index (κ2) is 2.09. The summed E-state index contributed by atoms with van der Waals surface area (Å²) in [4.78, 5) is 0. The highest BCUT2D eigenvalue weighted by Crippen LogP contribution is 2.19. The number of halogens is 1. The molecule has 0 radical (unpaired) electrons. The highest BCUT2D eigenvalue weighted by molar-refractivity contribution is 9.11. The van der Waals surface area contributed by atoms with Crippen molar-refractivity contribution >= 4 is 15.9 Å². The van der Waals surface area contributed by atoms with Gasteiger partial charge in [0.2, 0.25) is 0 Å². The van der Waals surface area contributed by atoms with Gasteiger partial charge in [0.05, 0.1) is 0 Å². The fraction of sp³-hybridized carbons (Fsp3) is 0.200. The van der Waals surface area contributed by atoms with Crippen LogP contribution in [0.15, 0.2) is 33.2 Å². The van der Waals surface area contributed by atoms with E-state index in [4.69, 9.17) is 0 Å². The van der Waals surface area contributed by atoms with Gasteiger partial charge in [-0.25, -0.2) is 5.01 Å². The van der Waals surface area contributed by atoms with Crippen LogP contribution in [0.2, 0.25) is 0 Å². The second-order valence-corrected chi connectivity index (χ2v) is 2.93. The van der Waals surface area contributed by atoms with E-state index in [9.17, 15) is 0 Å². The van der Waals surface area contributed by atoms with Crippen molar-refractivity contribution in [2.75, 3.05) is 0 Å². The van der Waals surface area contributed by atoms with Crippen LogP contribution in [0.1, 0.15) is 0 Å². The molecule has 0 aromatic carbocycles. The van der Waals surface area contributed by atoms with Gasteiger partial charge in [-0.1, -0.05) is 5.22 Å². The summed E-state index contributed by atoms with van der Waals surface area (Å²) < 4.78 is 1.02. The van der Waals surface area contributed by atoms with E-state index in [1.807, 2.05) is 23.4 Å². The molecular weight excluding hydrogens is 196 g/mol. The summed E-state index contributed by atoms with van der Waals surface area (Å²) in [5, 5.41) is 9.34. The number of hydrogen-bond donors (Lipinski definition) is 1. The predicted molar refractivity (Wildman–Crippen MR) is 39.8 cm³/mol. The van der Waals surface area contributed by atoms with E-state index in [0.29, 0.717) is 0 Å². The first-order valence-electron chi connectivity index (χ1n) is 2.85. The Hall–Kier alpha value is -0.840. The normalized spacial score (nSPS) is 27.9. The number of fused-ring (bicyclic) bond motifs is 1. The fourth-order valence-corrected chi connectivity index (χ4v) is 1.21.